The molecule has 39 heavy (non-hydrogen) atoms. The Kier molecular flexibility index (Phi) is 8.68. The van der Waals surface area contributed by atoms with E-state index in [1.165, 1.54) is 25.1 Å². The van der Waals surface area contributed by atoms with Crippen LogP contribution in [0.1, 0.15) is 31.4 Å². The molecule has 1 fully saturated rings. The number of methoxy groups -OCH3 is 1. The highest BCUT2D eigenvalue weighted by Crippen LogP contribution is 2.40. The molecule has 206 valence electrons. The highest BCUT2D eigenvalue weighted by atomic mass is 35.5. The van der Waals surface area contributed by atoms with Crippen LogP contribution in [0.4, 0.5) is 0 Å². The molecule has 1 aliphatic rings. The lowest BCUT2D eigenvalue weighted by atomic mass is 9.73. The Morgan fingerprint density at radius 1 is 1.05 bits per heavy atom. The molecule has 1 heterocycles. The normalized spacial score (nSPS) is 17.8. The van der Waals surface area contributed by atoms with Gasteiger partial charge in [0.2, 0.25) is 10.0 Å². The van der Waals surface area contributed by atoms with Gasteiger partial charge in [-0.2, -0.15) is 0 Å². The Labute approximate surface area is 237 Å². The summed E-state index contributed by atoms with van der Waals surface area (Å²) in [4.78, 5) is 26.2. The quantitative estimate of drug-likeness (QED) is 0.281. The Morgan fingerprint density at radius 2 is 1.72 bits per heavy atom. The first-order valence-electron chi connectivity index (χ1n) is 12.2. The summed E-state index contributed by atoms with van der Waals surface area (Å²) < 4.78 is 34.8. The van der Waals surface area contributed by atoms with E-state index < -0.39 is 39.3 Å². The average Bonchev–Trinajstić information content (AvgIpc) is 3.45. The van der Waals surface area contributed by atoms with Crippen molar-refractivity contribution in [2.24, 2.45) is 5.41 Å². The average molecular weight is 592 g/mol. The lowest BCUT2D eigenvalue weighted by Gasteiger charge is -2.35. The molecule has 4 rings (SSSR count). The summed E-state index contributed by atoms with van der Waals surface area (Å²) in [6.07, 6.45) is 1.17. The van der Waals surface area contributed by atoms with Crippen LogP contribution in [0.2, 0.25) is 10.0 Å². The van der Waals surface area contributed by atoms with Crippen LogP contribution in [-0.2, 0) is 19.6 Å². The van der Waals surface area contributed by atoms with Crippen molar-refractivity contribution in [2.75, 3.05) is 13.7 Å². The van der Waals surface area contributed by atoms with Crippen LogP contribution in [0, 0.1) is 5.41 Å². The van der Waals surface area contributed by atoms with E-state index in [0.717, 1.165) is 11.1 Å². The van der Waals surface area contributed by atoms with E-state index in [1.54, 1.807) is 31.4 Å². The van der Waals surface area contributed by atoms with Crippen molar-refractivity contribution in [3.8, 4) is 16.9 Å². The number of ether oxygens (including phenoxy) is 1. The molecular formula is C28H28Cl2N2O6S. The van der Waals surface area contributed by atoms with E-state index in [2.05, 4.69) is 10.0 Å². The first-order valence-corrected chi connectivity index (χ1v) is 14.4. The maximum Gasteiger partial charge on any atom is 0.318 e. The van der Waals surface area contributed by atoms with E-state index in [0.29, 0.717) is 30.7 Å². The van der Waals surface area contributed by atoms with E-state index in [4.69, 9.17) is 27.9 Å². The fourth-order valence-electron chi connectivity index (χ4n) is 4.74. The number of aliphatic carboxylic acids is 1. The van der Waals surface area contributed by atoms with Gasteiger partial charge in [-0.25, -0.2) is 13.1 Å². The van der Waals surface area contributed by atoms with Crippen LogP contribution in [0.25, 0.3) is 11.1 Å². The maximum absolute atomic E-state index is 13.7. The number of benzene rings is 3. The van der Waals surface area contributed by atoms with Gasteiger partial charge in [0.25, 0.3) is 0 Å². The van der Waals surface area contributed by atoms with Gasteiger partial charge in [-0.15, -0.1) is 0 Å². The number of Topliss-reactive ketones (excluding diaryl/α,β-unsaturated/α-hetero) is 1. The molecule has 1 saturated heterocycles. The van der Waals surface area contributed by atoms with Crippen LogP contribution in [0.5, 0.6) is 5.75 Å². The highest BCUT2D eigenvalue weighted by molar-refractivity contribution is 7.89. The highest BCUT2D eigenvalue weighted by Gasteiger charge is 2.52. The van der Waals surface area contributed by atoms with E-state index in [1.807, 2.05) is 24.3 Å². The number of rotatable bonds is 10. The molecule has 3 aromatic rings. The minimum absolute atomic E-state index is 0.0919. The van der Waals surface area contributed by atoms with Gasteiger partial charge in [-0.05, 0) is 73.3 Å². The van der Waals surface area contributed by atoms with Crippen molar-refractivity contribution in [1.82, 2.24) is 10.0 Å². The molecular weight excluding hydrogens is 563 g/mol. The van der Waals surface area contributed by atoms with Gasteiger partial charge in [0, 0.05) is 10.0 Å². The number of halogens is 2. The number of carboxylic acid groups (broad SMARTS) is 1. The van der Waals surface area contributed by atoms with Crippen LogP contribution in [0.15, 0.2) is 71.6 Å². The van der Waals surface area contributed by atoms with E-state index in [-0.39, 0.29) is 14.9 Å². The summed E-state index contributed by atoms with van der Waals surface area (Å²) in [5, 5.41) is 13.6. The van der Waals surface area contributed by atoms with Crippen molar-refractivity contribution in [1.29, 1.82) is 0 Å². The molecule has 3 aromatic carbocycles. The number of hydrogen-bond donors (Lipinski definition) is 3. The third-order valence-corrected chi connectivity index (χ3v) is 8.82. The topological polar surface area (TPSA) is 122 Å². The zero-order valence-corrected chi connectivity index (χ0v) is 23.6. The SMILES string of the molecule is COc1cccc(-c2ccc([C@@H](NS(=O)(=O)c3cc(Cl)cc(Cl)c3)[C@](C)(C(=O)O)C(=O)C3CCCN3)cc2)c1. The predicted molar refractivity (Wildman–Crippen MR) is 150 cm³/mol. The number of ketones is 1. The van der Waals surface area contributed by atoms with Gasteiger partial charge in [0.15, 0.2) is 5.78 Å². The lowest BCUT2D eigenvalue weighted by molar-refractivity contribution is -0.156. The molecule has 3 atom stereocenters. The van der Waals surface area contributed by atoms with Crippen molar-refractivity contribution >= 4 is 45.0 Å². The first-order chi connectivity index (χ1) is 18.5. The van der Waals surface area contributed by atoms with Crippen LogP contribution >= 0.6 is 23.2 Å². The van der Waals surface area contributed by atoms with Gasteiger partial charge >= 0.3 is 5.97 Å². The predicted octanol–water partition coefficient (Wildman–Crippen LogP) is 5.10. The summed E-state index contributed by atoms with van der Waals surface area (Å²) in [6.45, 7) is 1.82. The van der Waals surface area contributed by atoms with Crippen molar-refractivity contribution in [3.05, 3.63) is 82.3 Å². The second kappa shape index (κ2) is 11.7. The second-order valence-electron chi connectivity index (χ2n) is 9.53. The molecule has 0 spiro atoms. The lowest BCUT2D eigenvalue weighted by Crippen LogP contribution is -2.54. The Hall–Kier alpha value is -2.95. The third kappa shape index (κ3) is 6.13. The smallest absolute Gasteiger partial charge is 0.318 e. The molecule has 0 aliphatic carbocycles. The maximum atomic E-state index is 13.7. The molecule has 0 aromatic heterocycles. The fourth-order valence-corrected chi connectivity index (χ4v) is 6.78. The Balaban J connectivity index is 1.81. The summed E-state index contributed by atoms with van der Waals surface area (Å²) in [5.41, 5.74) is -0.204. The van der Waals surface area contributed by atoms with Gasteiger partial charge < -0.3 is 15.2 Å². The largest absolute Gasteiger partial charge is 0.497 e. The molecule has 1 aliphatic heterocycles. The summed E-state index contributed by atoms with van der Waals surface area (Å²) in [6, 6.07) is 15.7. The molecule has 1 unspecified atom stereocenters. The number of hydrogen-bond acceptors (Lipinski definition) is 6. The summed E-state index contributed by atoms with van der Waals surface area (Å²) >= 11 is 12.1. The minimum atomic E-state index is -4.37. The number of sulfonamides is 1. The zero-order chi connectivity index (χ0) is 28.4. The second-order valence-corrected chi connectivity index (χ2v) is 12.1. The molecule has 0 bridgehead atoms. The standard InChI is InChI=1S/C28H28Cl2N2O6S/c1-28(27(34)35,26(33)24-7-4-12-31-24)25(32-39(36,37)23-15-20(29)14-21(30)16-23)18-10-8-17(9-11-18)19-5-3-6-22(13-19)38-2/h3,5-6,8-11,13-16,24-25,31-32H,4,7,12H2,1-2H3,(H,34,35)/t24?,25-,28+/m1/s1. The van der Waals surface area contributed by atoms with Crippen LogP contribution < -0.4 is 14.8 Å². The van der Waals surface area contributed by atoms with Crippen LogP contribution in [0.3, 0.4) is 0 Å². The number of carbonyl (C=O) groups is 2. The zero-order valence-electron chi connectivity index (χ0n) is 21.3. The van der Waals surface area contributed by atoms with Crippen LogP contribution in [-0.4, -0.2) is 45.0 Å². The van der Waals surface area contributed by atoms with E-state index in [9.17, 15) is 23.1 Å². The summed E-state index contributed by atoms with van der Waals surface area (Å²) in [5.74, 6) is -1.40. The molecule has 0 radical (unpaired) electrons. The first kappa shape index (κ1) is 29.0. The minimum Gasteiger partial charge on any atom is -0.497 e. The van der Waals surface area contributed by atoms with Gasteiger partial charge in [0.05, 0.1) is 24.1 Å². The van der Waals surface area contributed by atoms with Gasteiger partial charge in [-0.1, -0.05) is 59.6 Å². The van der Waals surface area contributed by atoms with Gasteiger partial charge in [0.1, 0.15) is 11.2 Å². The van der Waals surface area contributed by atoms with E-state index >= 15 is 0 Å². The Bertz CT molecular complexity index is 1470. The van der Waals surface area contributed by atoms with Crippen molar-refractivity contribution in [3.63, 3.8) is 0 Å². The van der Waals surface area contributed by atoms with Crippen molar-refractivity contribution < 1.29 is 27.9 Å². The number of carboxylic acids is 1. The third-order valence-electron chi connectivity index (χ3n) is 6.98. The Morgan fingerprint density at radius 3 is 2.28 bits per heavy atom. The summed E-state index contributed by atoms with van der Waals surface area (Å²) in [7, 11) is -2.80. The molecule has 0 amide bonds. The molecule has 3 N–H and O–H groups in total. The molecule has 11 heteroatoms. The number of carbonyl (C=O) groups excluding carboxylic acids is 1. The monoisotopic (exact) mass is 590 g/mol. The van der Waals surface area contributed by atoms with Crippen molar-refractivity contribution in [2.45, 2.75) is 36.7 Å². The molecule has 0 saturated carbocycles. The molecule has 8 nitrogen and oxygen atoms in total. The fraction of sp³-hybridized carbons (Fsp3) is 0.286. The number of nitrogens with one attached hydrogen (secondary N) is 2. The van der Waals surface area contributed by atoms with Gasteiger partial charge in [-0.3, -0.25) is 9.59 Å².